The predicted molar refractivity (Wildman–Crippen MR) is 116 cm³/mol. The van der Waals surface area contributed by atoms with Crippen LogP contribution >= 0.6 is 11.7 Å². The Morgan fingerprint density at radius 2 is 1.80 bits per heavy atom. The largest absolute Gasteiger partial charge is 0.365 e. The van der Waals surface area contributed by atoms with Crippen LogP contribution in [0.1, 0.15) is 21.7 Å². The van der Waals surface area contributed by atoms with Crippen molar-refractivity contribution in [2.24, 2.45) is 0 Å². The summed E-state index contributed by atoms with van der Waals surface area (Å²) < 4.78 is 10.3. The molecule has 0 aliphatic carbocycles. The number of aryl methyl sites for hydroxylation is 1. The van der Waals surface area contributed by atoms with Crippen LogP contribution in [-0.4, -0.2) is 60.5 Å². The van der Waals surface area contributed by atoms with Crippen molar-refractivity contribution in [3.8, 4) is 5.82 Å². The van der Waals surface area contributed by atoms with Crippen molar-refractivity contribution in [3.63, 3.8) is 0 Å². The van der Waals surface area contributed by atoms with Gasteiger partial charge in [-0.15, -0.1) is 0 Å². The topological polar surface area (TPSA) is 80.0 Å². The van der Waals surface area contributed by atoms with Gasteiger partial charge in [0.25, 0.3) is 5.91 Å². The third-order valence-corrected chi connectivity index (χ3v) is 6.06. The summed E-state index contributed by atoms with van der Waals surface area (Å²) in [6.45, 7) is 6.96. The van der Waals surface area contributed by atoms with E-state index >= 15 is 0 Å². The number of hydrogen-bond donors (Lipinski definition) is 0. The molecule has 0 unspecified atom stereocenters. The smallest absolute Gasteiger partial charge is 0.254 e. The third-order valence-electron chi connectivity index (χ3n) is 5.50. The minimum atomic E-state index is 0.0437. The Bertz CT molecular complexity index is 1210. The van der Waals surface area contributed by atoms with E-state index in [0.29, 0.717) is 18.7 Å². The summed E-state index contributed by atoms with van der Waals surface area (Å²) in [6.07, 6.45) is 1.77. The highest BCUT2D eigenvalue weighted by molar-refractivity contribution is 7.00. The number of piperazine rings is 1. The third kappa shape index (κ3) is 3.21. The normalized spacial score (nSPS) is 14.5. The molecule has 1 aromatic carbocycles. The minimum absolute atomic E-state index is 0.0437. The van der Waals surface area contributed by atoms with Crippen LogP contribution in [0.3, 0.4) is 0 Å². The van der Waals surface area contributed by atoms with Gasteiger partial charge in [0.1, 0.15) is 11.0 Å². The number of rotatable bonds is 3. The molecule has 0 N–H and O–H groups in total. The maximum Gasteiger partial charge on any atom is 0.254 e. The number of aromatic nitrogens is 5. The van der Waals surface area contributed by atoms with E-state index in [2.05, 4.69) is 25.6 Å². The highest BCUT2D eigenvalue weighted by atomic mass is 32.1. The minimum Gasteiger partial charge on any atom is -0.365 e. The van der Waals surface area contributed by atoms with Gasteiger partial charge < -0.3 is 9.80 Å². The lowest BCUT2D eigenvalue weighted by Gasteiger charge is -2.36. The van der Waals surface area contributed by atoms with Crippen molar-refractivity contribution < 1.29 is 4.79 Å². The van der Waals surface area contributed by atoms with Gasteiger partial charge in [-0.3, -0.25) is 4.79 Å². The molecule has 4 aromatic rings. The van der Waals surface area contributed by atoms with Crippen molar-refractivity contribution in [1.82, 2.24) is 28.4 Å². The molecule has 0 saturated carbocycles. The molecule has 1 saturated heterocycles. The summed E-state index contributed by atoms with van der Waals surface area (Å²) in [6, 6.07) is 11.3. The first-order valence-electron chi connectivity index (χ1n) is 9.86. The molecule has 5 rings (SSSR count). The Hall–Kier alpha value is -3.33. The number of carbonyl (C=O) groups excluding carboxylic acids is 1. The lowest BCUT2D eigenvalue weighted by Crippen LogP contribution is -2.49. The van der Waals surface area contributed by atoms with Gasteiger partial charge in [-0.25, -0.2) is 9.67 Å². The van der Waals surface area contributed by atoms with Gasteiger partial charge in [0, 0.05) is 37.9 Å². The van der Waals surface area contributed by atoms with E-state index in [1.807, 2.05) is 52.9 Å². The van der Waals surface area contributed by atoms with Crippen molar-refractivity contribution in [1.29, 1.82) is 0 Å². The average molecular weight is 420 g/mol. The Balaban J connectivity index is 1.32. The molecular formula is C21H21N7OS. The van der Waals surface area contributed by atoms with Gasteiger partial charge >= 0.3 is 0 Å². The summed E-state index contributed by atoms with van der Waals surface area (Å²) in [7, 11) is 0. The summed E-state index contributed by atoms with van der Waals surface area (Å²) in [5.41, 5.74) is 5.43. The Morgan fingerprint density at radius 1 is 1.00 bits per heavy atom. The van der Waals surface area contributed by atoms with E-state index < -0.39 is 0 Å². The second-order valence-corrected chi connectivity index (χ2v) is 7.89. The van der Waals surface area contributed by atoms with E-state index in [4.69, 9.17) is 5.10 Å². The highest BCUT2D eigenvalue weighted by Crippen LogP contribution is 2.27. The van der Waals surface area contributed by atoms with Crippen molar-refractivity contribution in [2.45, 2.75) is 13.8 Å². The molecule has 30 heavy (non-hydrogen) atoms. The molecule has 1 amide bonds. The van der Waals surface area contributed by atoms with E-state index in [9.17, 15) is 4.79 Å². The first-order chi connectivity index (χ1) is 14.6. The average Bonchev–Trinajstić information content (AvgIpc) is 3.37. The van der Waals surface area contributed by atoms with Gasteiger partial charge in [0.15, 0.2) is 5.82 Å². The molecule has 1 fully saturated rings. The highest BCUT2D eigenvalue weighted by Gasteiger charge is 2.26. The number of hydrogen-bond acceptors (Lipinski definition) is 7. The van der Waals surface area contributed by atoms with E-state index in [1.165, 1.54) is 11.7 Å². The van der Waals surface area contributed by atoms with Crippen molar-refractivity contribution in [3.05, 3.63) is 59.5 Å². The van der Waals surface area contributed by atoms with E-state index in [1.54, 1.807) is 6.20 Å². The first kappa shape index (κ1) is 18.7. The standard InChI is InChI=1S/C21H21N7OS/c1-14-20(15(2)28(23-14)19-5-3-4-8-22-19)26-9-11-27(12-10-26)21(29)16-6-7-17-18(13-16)25-30-24-17/h3-8,13H,9-12H2,1-2H3. The second kappa shape index (κ2) is 7.49. The second-order valence-electron chi connectivity index (χ2n) is 7.37. The zero-order chi connectivity index (χ0) is 20.7. The molecule has 1 aliphatic heterocycles. The monoisotopic (exact) mass is 419 g/mol. The van der Waals surface area contributed by atoms with Gasteiger partial charge in [0.2, 0.25) is 0 Å². The fraction of sp³-hybridized carbons (Fsp3) is 0.286. The molecule has 9 heteroatoms. The number of carbonyl (C=O) groups is 1. The fourth-order valence-electron chi connectivity index (χ4n) is 4.03. The molecule has 8 nitrogen and oxygen atoms in total. The lowest BCUT2D eigenvalue weighted by atomic mass is 10.1. The summed E-state index contributed by atoms with van der Waals surface area (Å²) in [4.78, 5) is 21.6. The van der Waals surface area contributed by atoms with Crippen LogP contribution in [0.5, 0.6) is 0 Å². The van der Waals surface area contributed by atoms with Gasteiger partial charge in [-0.2, -0.15) is 13.8 Å². The fourth-order valence-corrected chi connectivity index (χ4v) is 4.54. The number of anilines is 1. The van der Waals surface area contributed by atoms with Crippen LogP contribution < -0.4 is 4.90 Å². The molecule has 0 spiro atoms. The Kier molecular flexibility index (Phi) is 4.66. The number of benzene rings is 1. The molecule has 0 radical (unpaired) electrons. The Morgan fingerprint density at radius 3 is 2.57 bits per heavy atom. The lowest BCUT2D eigenvalue weighted by molar-refractivity contribution is 0.0747. The molecule has 0 atom stereocenters. The zero-order valence-corrected chi connectivity index (χ0v) is 17.6. The quantitative estimate of drug-likeness (QED) is 0.508. The van der Waals surface area contributed by atoms with Gasteiger partial charge in [-0.1, -0.05) is 6.07 Å². The summed E-state index contributed by atoms with van der Waals surface area (Å²) in [5.74, 6) is 0.854. The van der Waals surface area contributed by atoms with Crippen LogP contribution in [0.2, 0.25) is 0 Å². The number of fused-ring (bicyclic) bond motifs is 1. The molecule has 3 aromatic heterocycles. The molecule has 1 aliphatic rings. The number of nitrogens with zero attached hydrogens (tertiary/aromatic N) is 7. The maximum atomic E-state index is 13.0. The molecule has 152 valence electrons. The van der Waals surface area contributed by atoms with Gasteiger partial charge in [0.05, 0.1) is 28.8 Å². The van der Waals surface area contributed by atoms with Crippen LogP contribution in [-0.2, 0) is 0 Å². The first-order valence-corrected chi connectivity index (χ1v) is 10.6. The van der Waals surface area contributed by atoms with Crippen LogP contribution in [0, 0.1) is 13.8 Å². The molecule has 4 heterocycles. The van der Waals surface area contributed by atoms with Crippen LogP contribution in [0.4, 0.5) is 5.69 Å². The van der Waals surface area contributed by atoms with Gasteiger partial charge in [-0.05, 0) is 44.2 Å². The number of pyridine rings is 1. The summed E-state index contributed by atoms with van der Waals surface area (Å²) >= 11 is 1.17. The van der Waals surface area contributed by atoms with Crippen molar-refractivity contribution >= 4 is 34.4 Å². The van der Waals surface area contributed by atoms with Crippen LogP contribution in [0.25, 0.3) is 16.9 Å². The zero-order valence-electron chi connectivity index (χ0n) is 16.8. The van der Waals surface area contributed by atoms with E-state index in [-0.39, 0.29) is 5.91 Å². The number of amides is 1. The SMILES string of the molecule is Cc1nn(-c2ccccn2)c(C)c1N1CCN(C(=O)c2ccc3nsnc3c2)CC1. The van der Waals surface area contributed by atoms with Crippen LogP contribution in [0.15, 0.2) is 42.6 Å². The molecular weight excluding hydrogens is 398 g/mol. The maximum absolute atomic E-state index is 13.0. The summed E-state index contributed by atoms with van der Waals surface area (Å²) in [5, 5.41) is 4.70. The predicted octanol–water partition coefficient (Wildman–Crippen LogP) is 2.85. The Labute approximate surface area is 178 Å². The van der Waals surface area contributed by atoms with E-state index in [0.717, 1.165) is 47.0 Å². The van der Waals surface area contributed by atoms with Crippen molar-refractivity contribution in [2.75, 3.05) is 31.1 Å². The molecule has 0 bridgehead atoms.